The van der Waals surface area contributed by atoms with E-state index < -0.39 is 10.1 Å². The summed E-state index contributed by atoms with van der Waals surface area (Å²) in [5.74, 6) is 0.735. The summed E-state index contributed by atoms with van der Waals surface area (Å²) in [4.78, 5) is 11.5. The van der Waals surface area contributed by atoms with Crippen LogP contribution in [0.4, 0.5) is 0 Å². The standard InChI is InChI=1S/C26H36O11S/c1-22-5-7-24(8-6-22)38(29,30)37-20-17-34-14-13-32-15-18-35-25-4-2-3-23(21-28)26(25)36-19-16-33-12-11-31-10-9-27/h2-8,21,27H,9-20H2,1H3. The van der Waals surface area contributed by atoms with Crippen LogP contribution in [-0.2, 0) is 33.2 Å². The molecule has 0 fully saturated rings. The maximum Gasteiger partial charge on any atom is 0.297 e. The Bertz CT molecular complexity index is 1030. The molecule has 0 aliphatic rings. The van der Waals surface area contributed by atoms with E-state index in [1.807, 2.05) is 6.92 Å². The average molecular weight is 557 g/mol. The van der Waals surface area contributed by atoms with Gasteiger partial charge in [0.1, 0.15) is 13.2 Å². The Labute approximate surface area is 223 Å². The van der Waals surface area contributed by atoms with Crippen LogP contribution in [0.5, 0.6) is 11.5 Å². The van der Waals surface area contributed by atoms with E-state index in [-0.39, 0.29) is 64.4 Å². The van der Waals surface area contributed by atoms with Gasteiger partial charge in [-0.15, -0.1) is 0 Å². The molecule has 11 nitrogen and oxygen atoms in total. The number of hydrogen-bond acceptors (Lipinski definition) is 11. The topological polar surface area (TPSA) is 136 Å². The van der Waals surface area contributed by atoms with Crippen LogP contribution in [0.1, 0.15) is 15.9 Å². The average Bonchev–Trinajstić information content (AvgIpc) is 2.91. The van der Waals surface area contributed by atoms with Gasteiger partial charge in [-0.2, -0.15) is 8.42 Å². The molecule has 2 aromatic rings. The number of aldehydes is 1. The molecule has 0 radical (unpaired) electrons. The summed E-state index contributed by atoms with van der Waals surface area (Å²) >= 11 is 0. The Morgan fingerprint density at radius 2 is 1.26 bits per heavy atom. The minimum Gasteiger partial charge on any atom is -0.487 e. The summed E-state index contributed by atoms with van der Waals surface area (Å²) in [6.07, 6.45) is 0.690. The predicted octanol–water partition coefficient (Wildman–Crippen LogP) is 2.03. The Kier molecular flexibility index (Phi) is 15.5. The quantitative estimate of drug-likeness (QED) is 0.130. The van der Waals surface area contributed by atoms with Crippen molar-refractivity contribution in [2.24, 2.45) is 0 Å². The Morgan fingerprint density at radius 1 is 0.711 bits per heavy atom. The zero-order valence-corrected chi connectivity index (χ0v) is 22.4. The first kappa shape index (κ1) is 31.6. The summed E-state index contributed by atoms with van der Waals surface area (Å²) in [5.41, 5.74) is 1.31. The summed E-state index contributed by atoms with van der Waals surface area (Å²) in [6.45, 7) is 4.37. The molecular weight excluding hydrogens is 520 g/mol. The fourth-order valence-electron chi connectivity index (χ4n) is 2.99. The van der Waals surface area contributed by atoms with Gasteiger partial charge in [0.15, 0.2) is 17.8 Å². The molecule has 0 aliphatic carbocycles. The second-order valence-corrected chi connectivity index (χ2v) is 9.37. The Balaban J connectivity index is 1.58. The van der Waals surface area contributed by atoms with Crippen molar-refractivity contribution in [1.29, 1.82) is 0 Å². The highest BCUT2D eigenvalue weighted by Gasteiger charge is 2.14. The van der Waals surface area contributed by atoms with Gasteiger partial charge in [-0.1, -0.05) is 23.8 Å². The van der Waals surface area contributed by atoms with Gasteiger partial charge in [0, 0.05) is 0 Å². The molecule has 2 aromatic carbocycles. The molecule has 0 spiro atoms. The van der Waals surface area contributed by atoms with Crippen LogP contribution >= 0.6 is 0 Å². The highest BCUT2D eigenvalue weighted by atomic mass is 32.2. The minimum absolute atomic E-state index is 0.0355. The molecule has 0 saturated carbocycles. The third-order valence-corrected chi connectivity index (χ3v) is 6.18. The fourth-order valence-corrected chi connectivity index (χ4v) is 3.88. The number of ether oxygens (including phenoxy) is 6. The number of aliphatic hydroxyl groups is 1. The zero-order valence-electron chi connectivity index (χ0n) is 21.5. The number of para-hydroxylation sites is 1. The lowest BCUT2D eigenvalue weighted by Gasteiger charge is -2.15. The van der Waals surface area contributed by atoms with Crippen LogP contribution in [-0.4, -0.2) is 99.1 Å². The molecule has 0 aliphatic heterocycles. The highest BCUT2D eigenvalue weighted by Crippen LogP contribution is 2.30. The molecule has 0 atom stereocenters. The molecule has 212 valence electrons. The lowest BCUT2D eigenvalue weighted by Crippen LogP contribution is -2.15. The normalized spacial score (nSPS) is 11.4. The first-order chi connectivity index (χ1) is 18.5. The molecule has 38 heavy (non-hydrogen) atoms. The first-order valence-electron chi connectivity index (χ1n) is 12.2. The van der Waals surface area contributed by atoms with Crippen molar-refractivity contribution < 1.29 is 50.9 Å². The van der Waals surface area contributed by atoms with E-state index in [4.69, 9.17) is 37.7 Å². The van der Waals surface area contributed by atoms with Gasteiger partial charge in [-0.25, -0.2) is 0 Å². The second-order valence-electron chi connectivity index (χ2n) is 7.75. The van der Waals surface area contributed by atoms with E-state index in [0.29, 0.717) is 43.2 Å². The van der Waals surface area contributed by atoms with E-state index in [9.17, 15) is 13.2 Å². The van der Waals surface area contributed by atoms with E-state index >= 15 is 0 Å². The summed E-state index contributed by atoms with van der Waals surface area (Å²) < 4.78 is 61.9. The monoisotopic (exact) mass is 556 g/mol. The van der Waals surface area contributed by atoms with E-state index in [1.54, 1.807) is 30.3 Å². The van der Waals surface area contributed by atoms with Crippen LogP contribution in [0.2, 0.25) is 0 Å². The number of carbonyl (C=O) groups is 1. The zero-order chi connectivity index (χ0) is 27.5. The predicted molar refractivity (Wildman–Crippen MR) is 137 cm³/mol. The maximum atomic E-state index is 12.1. The second kappa shape index (κ2) is 18.6. The first-order valence-corrected chi connectivity index (χ1v) is 13.6. The number of benzene rings is 2. The van der Waals surface area contributed by atoms with Crippen molar-refractivity contribution in [3.63, 3.8) is 0 Å². The third kappa shape index (κ3) is 12.3. The molecule has 0 aromatic heterocycles. The summed E-state index contributed by atoms with van der Waals surface area (Å²) in [6, 6.07) is 11.4. The van der Waals surface area contributed by atoms with Crippen LogP contribution in [0.15, 0.2) is 47.4 Å². The SMILES string of the molecule is Cc1ccc(S(=O)(=O)OCCOCCOCCOc2cccc(C=O)c2OCCOCCOCCO)cc1. The van der Waals surface area contributed by atoms with Gasteiger partial charge < -0.3 is 33.5 Å². The molecule has 0 amide bonds. The van der Waals surface area contributed by atoms with Gasteiger partial charge in [0.2, 0.25) is 0 Å². The smallest absolute Gasteiger partial charge is 0.297 e. The number of rotatable bonds is 22. The molecule has 0 saturated heterocycles. The molecule has 2 rings (SSSR count). The lowest BCUT2D eigenvalue weighted by molar-refractivity contribution is 0.0232. The van der Waals surface area contributed by atoms with E-state index in [1.165, 1.54) is 12.1 Å². The Morgan fingerprint density at radius 3 is 1.87 bits per heavy atom. The van der Waals surface area contributed by atoms with Crippen LogP contribution < -0.4 is 9.47 Å². The van der Waals surface area contributed by atoms with Gasteiger partial charge in [-0.3, -0.25) is 8.98 Å². The summed E-state index contributed by atoms with van der Waals surface area (Å²) in [5, 5.41) is 8.65. The fraction of sp³-hybridized carbons (Fsp3) is 0.500. The minimum atomic E-state index is -3.81. The molecule has 0 unspecified atom stereocenters. The highest BCUT2D eigenvalue weighted by molar-refractivity contribution is 7.86. The molecular formula is C26H36O11S. The largest absolute Gasteiger partial charge is 0.487 e. The van der Waals surface area contributed by atoms with Crippen molar-refractivity contribution in [2.75, 3.05) is 79.3 Å². The van der Waals surface area contributed by atoms with Crippen LogP contribution in [0.3, 0.4) is 0 Å². The van der Waals surface area contributed by atoms with Gasteiger partial charge in [0.05, 0.1) is 76.5 Å². The third-order valence-electron chi connectivity index (χ3n) is 4.85. The van der Waals surface area contributed by atoms with Gasteiger partial charge >= 0.3 is 0 Å². The van der Waals surface area contributed by atoms with Gasteiger partial charge in [0.25, 0.3) is 10.1 Å². The van der Waals surface area contributed by atoms with Crippen molar-refractivity contribution in [3.05, 3.63) is 53.6 Å². The van der Waals surface area contributed by atoms with Gasteiger partial charge in [-0.05, 0) is 31.2 Å². The number of aliphatic hydroxyl groups excluding tert-OH is 1. The number of carbonyl (C=O) groups excluding carboxylic acids is 1. The molecule has 12 heteroatoms. The van der Waals surface area contributed by atoms with E-state index in [2.05, 4.69) is 0 Å². The number of aryl methyl sites for hydroxylation is 1. The van der Waals surface area contributed by atoms with Crippen molar-refractivity contribution >= 4 is 16.4 Å². The van der Waals surface area contributed by atoms with Crippen LogP contribution in [0, 0.1) is 6.92 Å². The van der Waals surface area contributed by atoms with Crippen molar-refractivity contribution in [2.45, 2.75) is 11.8 Å². The number of hydrogen-bond donors (Lipinski definition) is 1. The molecule has 0 bridgehead atoms. The van der Waals surface area contributed by atoms with Crippen LogP contribution in [0.25, 0.3) is 0 Å². The Hall–Kier alpha value is -2.58. The summed E-state index contributed by atoms with van der Waals surface area (Å²) in [7, 11) is -3.81. The maximum absolute atomic E-state index is 12.1. The van der Waals surface area contributed by atoms with Crippen molar-refractivity contribution in [3.8, 4) is 11.5 Å². The molecule has 1 N–H and O–H groups in total. The lowest BCUT2D eigenvalue weighted by atomic mass is 10.2. The molecule has 0 heterocycles. The van der Waals surface area contributed by atoms with E-state index in [0.717, 1.165) is 5.56 Å². The van der Waals surface area contributed by atoms with Crippen molar-refractivity contribution in [1.82, 2.24) is 0 Å².